The van der Waals surface area contributed by atoms with E-state index in [4.69, 9.17) is 0 Å². The quantitative estimate of drug-likeness (QED) is 0.800. The standard InChI is InChI=1S/C18H27N3O3/c1-14(2)20-10-12-21(13-11-20)16-6-4-15(5-7-16)18(23)19-9-8-17(22)24-3/h4-7,14H,8-13H2,1-3H3,(H,19,23). The third-order valence-electron chi connectivity index (χ3n) is 4.38. The summed E-state index contributed by atoms with van der Waals surface area (Å²) >= 11 is 0. The number of hydrogen-bond acceptors (Lipinski definition) is 5. The molecule has 1 saturated heterocycles. The average molecular weight is 333 g/mol. The zero-order chi connectivity index (χ0) is 17.5. The first-order valence-corrected chi connectivity index (χ1v) is 8.45. The van der Waals surface area contributed by atoms with E-state index >= 15 is 0 Å². The van der Waals surface area contributed by atoms with Crippen molar-refractivity contribution in [3.63, 3.8) is 0 Å². The number of carbonyl (C=O) groups excluding carboxylic acids is 2. The van der Waals surface area contributed by atoms with Crippen molar-refractivity contribution in [3.05, 3.63) is 29.8 Å². The van der Waals surface area contributed by atoms with Gasteiger partial charge in [0.05, 0.1) is 13.5 Å². The fraction of sp³-hybridized carbons (Fsp3) is 0.556. The number of esters is 1. The van der Waals surface area contributed by atoms with Gasteiger partial charge in [0.2, 0.25) is 0 Å². The normalized spacial score (nSPS) is 15.4. The number of nitrogens with zero attached hydrogens (tertiary/aromatic N) is 2. The Kier molecular flexibility index (Phi) is 6.61. The van der Waals surface area contributed by atoms with E-state index < -0.39 is 0 Å². The van der Waals surface area contributed by atoms with Gasteiger partial charge in [-0.15, -0.1) is 0 Å². The highest BCUT2D eigenvalue weighted by Crippen LogP contribution is 2.18. The van der Waals surface area contributed by atoms with Crippen molar-refractivity contribution in [2.45, 2.75) is 26.3 Å². The molecule has 0 unspecified atom stereocenters. The van der Waals surface area contributed by atoms with Crippen molar-refractivity contribution in [1.82, 2.24) is 10.2 Å². The first kappa shape index (κ1) is 18.3. The predicted octanol–water partition coefficient (Wildman–Crippen LogP) is 1.51. The van der Waals surface area contributed by atoms with Gasteiger partial charge in [0.1, 0.15) is 0 Å². The molecule has 1 N–H and O–H groups in total. The monoisotopic (exact) mass is 333 g/mol. The van der Waals surface area contributed by atoms with Crippen LogP contribution in [0.15, 0.2) is 24.3 Å². The number of rotatable bonds is 6. The second-order valence-electron chi connectivity index (χ2n) is 6.25. The highest BCUT2D eigenvalue weighted by Gasteiger charge is 2.19. The third-order valence-corrected chi connectivity index (χ3v) is 4.38. The van der Waals surface area contributed by atoms with Crippen LogP contribution in [-0.4, -0.2) is 62.7 Å². The summed E-state index contributed by atoms with van der Waals surface area (Å²) in [7, 11) is 1.34. The number of ether oxygens (including phenoxy) is 1. The van der Waals surface area contributed by atoms with E-state index in [9.17, 15) is 9.59 Å². The zero-order valence-electron chi connectivity index (χ0n) is 14.7. The van der Waals surface area contributed by atoms with E-state index in [1.54, 1.807) is 0 Å². The van der Waals surface area contributed by atoms with Crippen LogP contribution in [0.25, 0.3) is 0 Å². The number of methoxy groups -OCH3 is 1. The molecule has 1 aliphatic rings. The Hall–Kier alpha value is -2.08. The van der Waals surface area contributed by atoms with Crippen LogP contribution in [0.1, 0.15) is 30.6 Å². The SMILES string of the molecule is COC(=O)CCNC(=O)c1ccc(N2CCN(C(C)C)CC2)cc1. The lowest BCUT2D eigenvalue weighted by atomic mass is 10.1. The molecule has 1 aromatic rings. The van der Waals surface area contributed by atoms with Gasteiger partial charge in [0.15, 0.2) is 0 Å². The molecule has 0 spiro atoms. The van der Waals surface area contributed by atoms with Crippen LogP contribution in [0.2, 0.25) is 0 Å². The van der Waals surface area contributed by atoms with E-state index in [1.165, 1.54) is 7.11 Å². The Morgan fingerprint density at radius 2 is 1.75 bits per heavy atom. The number of nitrogens with one attached hydrogen (secondary N) is 1. The molecule has 132 valence electrons. The minimum absolute atomic E-state index is 0.171. The molecule has 0 radical (unpaired) electrons. The van der Waals surface area contributed by atoms with Crippen LogP contribution in [0.4, 0.5) is 5.69 Å². The molecule has 0 saturated carbocycles. The lowest BCUT2D eigenvalue weighted by molar-refractivity contribution is -0.140. The second-order valence-corrected chi connectivity index (χ2v) is 6.25. The van der Waals surface area contributed by atoms with Gasteiger partial charge in [-0.3, -0.25) is 14.5 Å². The zero-order valence-corrected chi connectivity index (χ0v) is 14.7. The summed E-state index contributed by atoms with van der Waals surface area (Å²) in [4.78, 5) is 27.9. The van der Waals surface area contributed by atoms with Gasteiger partial charge in [-0.2, -0.15) is 0 Å². The van der Waals surface area contributed by atoms with Crippen LogP contribution < -0.4 is 10.2 Å². The Labute approximate surface area is 143 Å². The van der Waals surface area contributed by atoms with Gasteiger partial charge >= 0.3 is 5.97 Å². The lowest BCUT2D eigenvalue weighted by Gasteiger charge is -2.38. The van der Waals surface area contributed by atoms with Crippen molar-refractivity contribution in [3.8, 4) is 0 Å². The van der Waals surface area contributed by atoms with Gasteiger partial charge in [0.25, 0.3) is 5.91 Å². The fourth-order valence-corrected chi connectivity index (χ4v) is 2.80. The van der Waals surface area contributed by atoms with Crippen LogP contribution in [0.3, 0.4) is 0 Å². The van der Waals surface area contributed by atoms with E-state index in [0.29, 0.717) is 11.6 Å². The van der Waals surface area contributed by atoms with E-state index in [2.05, 4.69) is 33.7 Å². The number of anilines is 1. The maximum atomic E-state index is 12.0. The van der Waals surface area contributed by atoms with E-state index in [1.807, 2.05) is 24.3 Å². The molecule has 0 aliphatic carbocycles. The highest BCUT2D eigenvalue weighted by atomic mass is 16.5. The summed E-state index contributed by atoms with van der Waals surface area (Å²) in [5.41, 5.74) is 1.74. The molecular weight excluding hydrogens is 306 g/mol. The summed E-state index contributed by atoms with van der Waals surface area (Å²) in [5.74, 6) is -0.499. The number of benzene rings is 1. The first-order valence-electron chi connectivity index (χ1n) is 8.45. The first-order chi connectivity index (χ1) is 11.5. The van der Waals surface area contributed by atoms with Crippen molar-refractivity contribution in [2.75, 3.05) is 44.7 Å². The van der Waals surface area contributed by atoms with Gasteiger partial charge in [-0.1, -0.05) is 0 Å². The molecular formula is C18H27N3O3. The van der Waals surface area contributed by atoms with Crippen molar-refractivity contribution >= 4 is 17.6 Å². The maximum Gasteiger partial charge on any atom is 0.307 e. The van der Waals surface area contributed by atoms with Crippen LogP contribution in [0.5, 0.6) is 0 Å². The van der Waals surface area contributed by atoms with Gasteiger partial charge in [-0.05, 0) is 38.1 Å². The Bertz CT molecular complexity index is 549. The van der Waals surface area contributed by atoms with Crippen LogP contribution in [0, 0.1) is 0 Å². The minimum atomic E-state index is -0.328. The molecule has 1 fully saturated rings. The Morgan fingerprint density at radius 1 is 1.12 bits per heavy atom. The fourth-order valence-electron chi connectivity index (χ4n) is 2.80. The average Bonchev–Trinajstić information content (AvgIpc) is 2.61. The van der Waals surface area contributed by atoms with Gasteiger partial charge < -0.3 is 15.0 Å². The molecule has 2 rings (SSSR count). The minimum Gasteiger partial charge on any atom is -0.469 e. The predicted molar refractivity (Wildman–Crippen MR) is 94.3 cm³/mol. The van der Waals surface area contributed by atoms with E-state index in [0.717, 1.165) is 31.9 Å². The Morgan fingerprint density at radius 3 is 2.29 bits per heavy atom. The number of amides is 1. The second kappa shape index (κ2) is 8.68. The molecule has 0 bridgehead atoms. The van der Waals surface area contributed by atoms with Gasteiger partial charge in [-0.25, -0.2) is 0 Å². The smallest absolute Gasteiger partial charge is 0.307 e. The lowest BCUT2D eigenvalue weighted by Crippen LogP contribution is -2.48. The van der Waals surface area contributed by atoms with Crippen LogP contribution >= 0.6 is 0 Å². The maximum absolute atomic E-state index is 12.0. The molecule has 1 aromatic carbocycles. The molecule has 24 heavy (non-hydrogen) atoms. The Balaban J connectivity index is 1.84. The largest absolute Gasteiger partial charge is 0.469 e. The molecule has 6 heteroatoms. The van der Waals surface area contributed by atoms with E-state index in [-0.39, 0.29) is 24.8 Å². The molecule has 0 atom stereocenters. The van der Waals surface area contributed by atoms with Crippen LogP contribution in [-0.2, 0) is 9.53 Å². The summed E-state index contributed by atoms with van der Waals surface area (Å²) in [5, 5.41) is 2.72. The molecule has 1 heterocycles. The summed E-state index contributed by atoms with van der Waals surface area (Å²) in [6.07, 6.45) is 0.181. The van der Waals surface area contributed by atoms with Crippen molar-refractivity contribution in [1.29, 1.82) is 0 Å². The van der Waals surface area contributed by atoms with Crippen molar-refractivity contribution in [2.24, 2.45) is 0 Å². The number of carbonyl (C=O) groups is 2. The topological polar surface area (TPSA) is 61.9 Å². The molecule has 1 aliphatic heterocycles. The summed E-state index contributed by atoms with van der Waals surface area (Å²) in [6.45, 7) is 8.86. The summed E-state index contributed by atoms with van der Waals surface area (Å²) < 4.78 is 4.54. The van der Waals surface area contributed by atoms with Crippen molar-refractivity contribution < 1.29 is 14.3 Å². The highest BCUT2D eigenvalue weighted by molar-refractivity contribution is 5.94. The molecule has 6 nitrogen and oxygen atoms in total. The van der Waals surface area contributed by atoms with Gasteiger partial charge in [0, 0.05) is 50.0 Å². The summed E-state index contributed by atoms with van der Waals surface area (Å²) in [6, 6.07) is 8.22. The molecule has 0 aromatic heterocycles. The third kappa shape index (κ3) is 4.96. The number of hydrogen-bond donors (Lipinski definition) is 1. The molecule has 1 amide bonds. The number of piperazine rings is 1.